The van der Waals surface area contributed by atoms with Crippen LogP contribution in [0.15, 0.2) is 0 Å². The lowest BCUT2D eigenvalue weighted by Gasteiger charge is -2.40. The van der Waals surface area contributed by atoms with E-state index in [9.17, 15) is 23.1 Å². The van der Waals surface area contributed by atoms with Crippen LogP contribution in [0.3, 0.4) is 0 Å². The molecule has 1 N–H and O–H groups in total. The van der Waals surface area contributed by atoms with Gasteiger partial charge in [0.05, 0.1) is 5.92 Å². The van der Waals surface area contributed by atoms with Gasteiger partial charge in [0, 0.05) is 26.7 Å². The monoisotopic (exact) mass is 375 g/mol. The molecular weight excluding hydrogens is 346 g/mol. The summed E-state index contributed by atoms with van der Waals surface area (Å²) in [6, 6.07) is 0. The Morgan fingerprint density at radius 3 is 2.24 bits per heavy atom. The molecule has 2 aliphatic heterocycles. The maximum absolute atomic E-state index is 12.8. The summed E-state index contributed by atoms with van der Waals surface area (Å²) in [6.45, 7) is 6.25. The number of sulfonamides is 1. The molecule has 3 atom stereocenters. The van der Waals surface area contributed by atoms with E-state index < -0.39 is 32.8 Å². The van der Waals surface area contributed by atoms with Crippen LogP contribution in [-0.4, -0.2) is 84.1 Å². The van der Waals surface area contributed by atoms with Gasteiger partial charge in [0.25, 0.3) is 0 Å². The highest BCUT2D eigenvalue weighted by Gasteiger charge is 2.48. The van der Waals surface area contributed by atoms with Gasteiger partial charge >= 0.3 is 5.97 Å². The van der Waals surface area contributed by atoms with Crippen molar-refractivity contribution in [2.45, 2.75) is 44.5 Å². The van der Waals surface area contributed by atoms with E-state index in [-0.39, 0.29) is 18.4 Å². The highest BCUT2D eigenvalue weighted by atomic mass is 32.2. The van der Waals surface area contributed by atoms with Crippen molar-refractivity contribution in [3.63, 3.8) is 0 Å². The standard InChI is InChI=1S/C16H29N3O5S/c1-11(2)16(3,15(21)22)18(5)14(20)12-6-9-19(10-12)25(23,24)13-7-8-17(13)4/h11-13H,6-10H2,1-5H3,(H,21,22)/t12-,13+,16?/m0/s1. The molecule has 1 unspecified atom stereocenters. The fraction of sp³-hybridized carbons (Fsp3) is 0.875. The number of amides is 1. The lowest BCUT2D eigenvalue weighted by molar-refractivity contribution is -0.161. The summed E-state index contributed by atoms with van der Waals surface area (Å²) in [7, 11) is -0.169. The summed E-state index contributed by atoms with van der Waals surface area (Å²) in [5.41, 5.74) is -1.32. The second-order valence-corrected chi connectivity index (χ2v) is 9.71. The number of carboxylic acid groups (broad SMARTS) is 1. The van der Waals surface area contributed by atoms with Crippen LogP contribution in [-0.2, 0) is 19.6 Å². The van der Waals surface area contributed by atoms with Gasteiger partial charge in [-0.05, 0) is 32.7 Å². The van der Waals surface area contributed by atoms with E-state index in [1.807, 2.05) is 0 Å². The Labute approximate surface area is 149 Å². The van der Waals surface area contributed by atoms with Gasteiger partial charge in [0.2, 0.25) is 15.9 Å². The lowest BCUT2D eigenvalue weighted by Crippen LogP contribution is -2.58. The van der Waals surface area contributed by atoms with Crippen molar-refractivity contribution in [1.29, 1.82) is 0 Å². The van der Waals surface area contributed by atoms with Crippen LogP contribution in [0, 0.1) is 11.8 Å². The number of likely N-dealkylation sites (N-methyl/N-ethyl adjacent to an activating group) is 1. The number of hydrogen-bond donors (Lipinski definition) is 1. The number of hydrogen-bond acceptors (Lipinski definition) is 5. The van der Waals surface area contributed by atoms with E-state index in [1.165, 1.54) is 23.2 Å². The zero-order chi connectivity index (χ0) is 19.2. The van der Waals surface area contributed by atoms with Crippen molar-refractivity contribution in [1.82, 2.24) is 14.1 Å². The third-order valence-corrected chi connectivity index (χ3v) is 8.34. The Balaban J connectivity index is 2.11. The number of carbonyl (C=O) groups excluding carboxylic acids is 1. The maximum Gasteiger partial charge on any atom is 0.329 e. The Kier molecular flexibility index (Phi) is 5.51. The summed E-state index contributed by atoms with van der Waals surface area (Å²) >= 11 is 0. The van der Waals surface area contributed by atoms with Crippen LogP contribution in [0.1, 0.15) is 33.6 Å². The molecule has 0 spiro atoms. The molecule has 8 nitrogen and oxygen atoms in total. The summed E-state index contributed by atoms with van der Waals surface area (Å²) in [4.78, 5) is 27.6. The number of rotatable bonds is 6. The van der Waals surface area contributed by atoms with Gasteiger partial charge in [-0.3, -0.25) is 9.69 Å². The molecule has 0 aromatic heterocycles. The first-order valence-corrected chi connectivity index (χ1v) is 10.1. The van der Waals surface area contributed by atoms with Gasteiger partial charge in [-0.25, -0.2) is 13.2 Å². The smallest absolute Gasteiger partial charge is 0.329 e. The molecule has 2 saturated heterocycles. The second-order valence-electron chi connectivity index (χ2n) is 7.62. The number of carboxylic acids is 1. The van der Waals surface area contributed by atoms with Gasteiger partial charge in [-0.1, -0.05) is 13.8 Å². The summed E-state index contributed by atoms with van der Waals surface area (Å²) in [6.07, 6.45) is 1.03. The quantitative estimate of drug-likeness (QED) is 0.715. The van der Waals surface area contributed by atoms with Gasteiger partial charge in [-0.15, -0.1) is 0 Å². The predicted octanol–water partition coefficient (Wildman–Crippen LogP) is 0.257. The van der Waals surface area contributed by atoms with E-state index >= 15 is 0 Å². The molecular formula is C16H29N3O5S. The van der Waals surface area contributed by atoms with Gasteiger partial charge < -0.3 is 10.0 Å². The summed E-state index contributed by atoms with van der Waals surface area (Å²) in [5.74, 6) is -2.14. The Morgan fingerprint density at radius 2 is 1.84 bits per heavy atom. The Morgan fingerprint density at radius 1 is 1.24 bits per heavy atom. The van der Waals surface area contributed by atoms with Crippen molar-refractivity contribution in [3.8, 4) is 0 Å². The highest BCUT2D eigenvalue weighted by molar-refractivity contribution is 7.89. The lowest BCUT2D eigenvalue weighted by atomic mass is 9.86. The molecule has 144 valence electrons. The van der Waals surface area contributed by atoms with Gasteiger partial charge in [0.15, 0.2) is 0 Å². The SMILES string of the molecule is CC(C)C(C)(C(=O)O)N(C)C(=O)[C@H]1CCN(S(=O)(=O)[C@@H]2CCN2C)C1. The molecule has 0 radical (unpaired) electrons. The molecule has 25 heavy (non-hydrogen) atoms. The largest absolute Gasteiger partial charge is 0.479 e. The fourth-order valence-corrected chi connectivity index (χ4v) is 5.54. The minimum atomic E-state index is -3.44. The molecule has 9 heteroatoms. The molecule has 2 heterocycles. The van der Waals surface area contributed by atoms with Crippen molar-refractivity contribution in [2.75, 3.05) is 33.7 Å². The molecule has 2 rings (SSSR count). The number of nitrogens with zero attached hydrogens (tertiary/aromatic N) is 3. The van der Waals surface area contributed by atoms with E-state index in [0.29, 0.717) is 19.4 Å². The predicted molar refractivity (Wildman–Crippen MR) is 93.3 cm³/mol. The van der Waals surface area contributed by atoms with Crippen LogP contribution >= 0.6 is 0 Å². The van der Waals surface area contributed by atoms with E-state index in [1.54, 1.807) is 25.8 Å². The first kappa shape index (κ1) is 20.1. The summed E-state index contributed by atoms with van der Waals surface area (Å²) in [5, 5.41) is 9.08. The van der Waals surface area contributed by atoms with Crippen LogP contribution in [0.25, 0.3) is 0 Å². The average molecular weight is 375 g/mol. The van der Waals surface area contributed by atoms with Crippen molar-refractivity contribution in [2.24, 2.45) is 11.8 Å². The first-order valence-electron chi connectivity index (χ1n) is 8.64. The van der Waals surface area contributed by atoms with E-state index in [4.69, 9.17) is 0 Å². The maximum atomic E-state index is 12.8. The third kappa shape index (κ3) is 3.29. The van der Waals surface area contributed by atoms with Gasteiger partial charge in [-0.2, -0.15) is 4.31 Å². The highest BCUT2D eigenvalue weighted by Crippen LogP contribution is 2.31. The Hall–Kier alpha value is -1.19. The molecule has 1 amide bonds. The van der Waals surface area contributed by atoms with Crippen LogP contribution in [0.4, 0.5) is 0 Å². The molecule has 0 saturated carbocycles. The van der Waals surface area contributed by atoms with Crippen LogP contribution in [0.2, 0.25) is 0 Å². The topological polar surface area (TPSA) is 98.2 Å². The second kappa shape index (κ2) is 6.85. The van der Waals surface area contributed by atoms with Crippen LogP contribution < -0.4 is 0 Å². The summed E-state index contributed by atoms with van der Waals surface area (Å²) < 4.78 is 26.7. The molecule has 0 bridgehead atoms. The number of likely N-dealkylation sites (tertiary alicyclic amines) is 1. The zero-order valence-electron chi connectivity index (χ0n) is 15.6. The first-order chi connectivity index (χ1) is 11.4. The van der Waals surface area contributed by atoms with Crippen molar-refractivity contribution in [3.05, 3.63) is 0 Å². The third-order valence-electron chi connectivity index (χ3n) is 6.01. The molecule has 0 aromatic rings. The molecule has 0 aromatic carbocycles. The van der Waals surface area contributed by atoms with Crippen molar-refractivity contribution < 1.29 is 23.1 Å². The van der Waals surface area contributed by atoms with Crippen molar-refractivity contribution >= 4 is 21.9 Å². The van der Waals surface area contributed by atoms with E-state index in [2.05, 4.69) is 0 Å². The molecule has 0 aliphatic carbocycles. The minimum Gasteiger partial charge on any atom is -0.479 e. The fourth-order valence-electron chi connectivity index (χ4n) is 3.48. The molecule has 2 fully saturated rings. The number of aliphatic carboxylic acids is 1. The van der Waals surface area contributed by atoms with Gasteiger partial charge in [0.1, 0.15) is 10.9 Å². The Bertz CT molecular complexity index is 650. The van der Waals surface area contributed by atoms with E-state index in [0.717, 1.165) is 6.54 Å². The molecule has 2 aliphatic rings. The minimum absolute atomic E-state index is 0.129. The van der Waals surface area contributed by atoms with Crippen LogP contribution in [0.5, 0.6) is 0 Å². The zero-order valence-corrected chi connectivity index (χ0v) is 16.4. The average Bonchev–Trinajstić information content (AvgIpc) is 3.00. The normalized spacial score (nSPS) is 27.8. The number of carbonyl (C=O) groups is 2.